The van der Waals surface area contributed by atoms with Crippen LogP contribution < -0.4 is 4.74 Å². The fourth-order valence-electron chi connectivity index (χ4n) is 3.66. The Bertz CT molecular complexity index is 1040. The Morgan fingerprint density at radius 3 is 2.53 bits per heavy atom. The van der Waals surface area contributed by atoms with Gasteiger partial charge in [0.1, 0.15) is 11.6 Å². The molecular formula is C27H34FN3O3. The highest BCUT2D eigenvalue weighted by Crippen LogP contribution is 2.32. The van der Waals surface area contributed by atoms with Crippen molar-refractivity contribution in [1.82, 2.24) is 14.7 Å². The number of hydrogen-bond acceptors (Lipinski definition) is 5. The number of para-hydroxylation sites is 1. The zero-order chi connectivity index (χ0) is 24.5. The first kappa shape index (κ1) is 25.6. The molecule has 1 aromatic heterocycles. The van der Waals surface area contributed by atoms with Gasteiger partial charge < -0.3 is 14.6 Å². The summed E-state index contributed by atoms with van der Waals surface area (Å²) >= 11 is 0. The Hall–Kier alpha value is -3.00. The standard InChI is InChI=1S/C27H34FN3O3/c1-5-16-33-19-24(32)17-30(20(3)6-2)18-26-21(4)29-31(23-10-8-7-9-11-23)27(26)34-25-14-12-22(28)13-15-25/h5,7-15,20,24,32H,1,6,16-19H2,2-4H3. The Morgan fingerprint density at radius 2 is 1.88 bits per heavy atom. The lowest BCUT2D eigenvalue weighted by Gasteiger charge is -2.30. The topological polar surface area (TPSA) is 59.8 Å². The maximum Gasteiger partial charge on any atom is 0.227 e. The van der Waals surface area contributed by atoms with Gasteiger partial charge >= 0.3 is 0 Å². The molecule has 0 aliphatic carbocycles. The number of benzene rings is 2. The molecule has 0 amide bonds. The summed E-state index contributed by atoms with van der Waals surface area (Å²) in [6, 6.07) is 15.9. The third kappa shape index (κ3) is 6.76. The van der Waals surface area contributed by atoms with E-state index in [1.165, 1.54) is 12.1 Å². The van der Waals surface area contributed by atoms with E-state index in [4.69, 9.17) is 14.6 Å². The molecule has 0 saturated carbocycles. The molecule has 34 heavy (non-hydrogen) atoms. The molecule has 0 aliphatic heterocycles. The first-order chi connectivity index (χ1) is 16.4. The molecule has 1 heterocycles. The van der Waals surface area contributed by atoms with Crippen LogP contribution in [-0.2, 0) is 11.3 Å². The lowest BCUT2D eigenvalue weighted by atomic mass is 10.1. The molecular weight excluding hydrogens is 433 g/mol. The highest BCUT2D eigenvalue weighted by atomic mass is 19.1. The molecule has 7 heteroatoms. The molecule has 182 valence electrons. The van der Waals surface area contributed by atoms with Crippen LogP contribution in [0.3, 0.4) is 0 Å². The second kappa shape index (κ2) is 12.5. The van der Waals surface area contributed by atoms with E-state index < -0.39 is 6.10 Å². The quantitative estimate of drug-likeness (QED) is 0.274. The van der Waals surface area contributed by atoms with Gasteiger partial charge in [-0.15, -0.1) is 6.58 Å². The second-order valence-electron chi connectivity index (χ2n) is 8.34. The predicted molar refractivity (Wildman–Crippen MR) is 132 cm³/mol. The third-order valence-electron chi connectivity index (χ3n) is 5.73. The Labute approximate surface area is 201 Å². The lowest BCUT2D eigenvalue weighted by molar-refractivity contribution is 0.0155. The number of halogens is 1. The Balaban J connectivity index is 1.94. The number of aromatic nitrogens is 2. The van der Waals surface area contributed by atoms with Gasteiger partial charge in [-0.05, 0) is 56.7 Å². The summed E-state index contributed by atoms with van der Waals surface area (Å²) in [5, 5.41) is 15.3. The molecule has 2 unspecified atom stereocenters. The summed E-state index contributed by atoms with van der Waals surface area (Å²) in [5.41, 5.74) is 2.60. The van der Waals surface area contributed by atoms with Crippen molar-refractivity contribution in [2.24, 2.45) is 0 Å². The zero-order valence-electron chi connectivity index (χ0n) is 20.2. The number of aliphatic hydroxyl groups is 1. The molecule has 2 atom stereocenters. The van der Waals surface area contributed by atoms with Gasteiger partial charge in [-0.25, -0.2) is 9.07 Å². The first-order valence-electron chi connectivity index (χ1n) is 11.6. The van der Waals surface area contributed by atoms with Crippen LogP contribution in [0, 0.1) is 12.7 Å². The molecule has 6 nitrogen and oxygen atoms in total. The normalized spacial score (nSPS) is 13.1. The van der Waals surface area contributed by atoms with E-state index in [1.807, 2.05) is 37.3 Å². The smallest absolute Gasteiger partial charge is 0.227 e. The molecule has 3 aromatic rings. The van der Waals surface area contributed by atoms with E-state index in [9.17, 15) is 9.50 Å². The van der Waals surface area contributed by atoms with Gasteiger partial charge in [0.15, 0.2) is 0 Å². The highest BCUT2D eigenvalue weighted by Gasteiger charge is 2.24. The van der Waals surface area contributed by atoms with Gasteiger partial charge in [0.2, 0.25) is 5.88 Å². The minimum Gasteiger partial charge on any atom is -0.439 e. The first-order valence-corrected chi connectivity index (χ1v) is 11.6. The average molecular weight is 468 g/mol. The van der Waals surface area contributed by atoms with E-state index >= 15 is 0 Å². The van der Waals surface area contributed by atoms with Crippen molar-refractivity contribution in [1.29, 1.82) is 0 Å². The Kier molecular flexibility index (Phi) is 9.39. The van der Waals surface area contributed by atoms with E-state index in [2.05, 4.69) is 25.3 Å². The zero-order valence-corrected chi connectivity index (χ0v) is 20.2. The summed E-state index contributed by atoms with van der Waals surface area (Å²) in [5.74, 6) is 0.768. The Morgan fingerprint density at radius 1 is 1.18 bits per heavy atom. The van der Waals surface area contributed by atoms with Gasteiger partial charge in [0, 0.05) is 19.1 Å². The second-order valence-corrected chi connectivity index (χ2v) is 8.34. The van der Waals surface area contributed by atoms with Gasteiger partial charge in [0.05, 0.1) is 36.3 Å². The van der Waals surface area contributed by atoms with Crippen molar-refractivity contribution >= 4 is 0 Å². The van der Waals surface area contributed by atoms with E-state index in [1.54, 1.807) is 22.9 Å². The fourth-order valence-corrected chi connectivity index (χ4v) is 3.66. The van der Waals surface area contributed by atoms with Crippen LogP contribution in [0.4, 0.5) is 4.39 Å². The van der Waals surface area contributed by atoms with E-state index in [-0.39, 0.29) is 18.5 Å². The highest BCUT2D eigenvalue weighted by molar-refractivity contribution is 5.43. The van der Waals surface area contributed by atoms with Gasteiger partial charge in [-0.2, -0.15) is 5.10 Å². The molecule has 0 fully saturated rings. The van der Waals surface area contributed by atoms with Crippen LogP contribution in [0.5, 0.6) is 11.6 Å². The average Bonchev–Trinajstić information content (AvgIpc) is 3.15. The van der Waals surface area contributed by atoms with Crippen LogP contribution in [0.2, 0.25) is 0 Å². The molecule has 1 N–H and O–H groups in total. The maximum absolute atomic E-state index is 13.5. The van der Waals surface area contributed by atoms with Crippen molar-refractivity contribution in [3.8, 4) is 17.3 Å². The van der Waals surface area contributed by atoms with Gasteiger partial charge in [-0.1, -0.05) is 31.2 Å². The maximum atomic E-state index is 13.5. The number of hydrogen-bond donors (Lipinski definition) is 1. The summed E-state index contributed by atoms with van der Waals surface area (Å²) in [6.45, 7) is 11.5. The minimum absolute atomic E-state index is 0.215. The molecule has 0 spiro atoms. The summed E-state index contributed by atoms with van der Waals surface area (Å²) in [4.78, 5) is 2.21. The number of aliphatic hydroxyl groups excluding tert-OH is 1. The van der Waals surface area contributed by atoms with Crippen LogP contribution in [0.25, 0.3) is 5.69 Å². The number of rotatable bonds is 13. The number of nitrogens with zero attached hydrogens (tertiary/aromatic N) is 3. The van der Waals surface area contributed by atoms with Gasteiger partial charge in [0.25, 0.3) is 0 Å². The third-order valence-corrected chi connectivity index (χ3v) is 5.73. The van der Waals surface area contributed by atoms with Crippen LogP contribution >= 0.6 is 0 Å². The largest absolute Gasteiger partial charge is 0.439 e. The predicted octanol–water partition coefficient (Wildman–Crippen LogP) is 5.28. The van der Waals surface area contributed by atoms with E-state index in [0.717, 1.165) is 23.4 Å². The van der Waals surface area contributed by atoms with Crippen molar-refractivity contribution < 1.29 is 19.0 Å². The minimum atomic E-state index is -0.639. The summed E-state index contributed by atoms with van der Waals surface area (Å²) in [7, 11) is 0. The van der Waals surface area contributed by atoms with Crippen molar-refractivity contribution in [2.75, 3.05) is 19.8 Å². The molecule has 0 bridgehead atoms. The molecule has 2 aromatic carbocycles. The lowest BCUT2D eigenvalue weighted by Crippen LogP contribution is -2.40. The number of ether oxygens (including phenoxy) is 2. The van der Waals surface area contributed by atoms with Crippen molar-refractivity contribution in [3.05, 3.63) is 84.3 Å². The summed E-state index contributed by atoms with van der Waals surface area (Å²) in [6.07, 6.45) is 1.94. The van der Waals surface area contributed by atoms with E-state index in [0.29, 0.717) is 31.3 Å². The molecule has 0 saturated heterocycles. The SMILES string of the molecule is C=CCOCC(O)CN(Cc1c(C)nn(-c2ccccc2)c1Oc1ccc(F)cc1)C(C)CC. The van der Waals surface area contributed by atoms with Crippen molar-refractivity contribution in [2.45, 2.75) is 45.9 Å². The monoisotopic (exact) mass is 467 g/mol. The van der Waals surface area contributed by atoms with Crippen molar-refractivity contribution in [3.63, 3.8) is 0 Å². The molecule has 3 rings (SSSR count). The fraction of sp³-hybridized carbons (Fsp3) is 0.370. The van der Waals surface area contributed by atoms with Gasteiger partial charge in [-0.3, -0.25) is 4.90 Å². The summed E-state index contributed by atoms with van der Waals surface area (Å²) < 4.78 is 27.0. The molecule has 0 radical (unpaired) electrons. The van der Waals surface area contributed by atoms with Crippen LogP contribution in [0.1, 0.15) is 31.5 Å². The van der Waals surface area contributed by atoms with Crippen LogP contribution in [0.15, 0.2) is 67.3 Å². The molecule has 0 aliphatic rings. The number of aryl methyl sites for hydroxylation is 1. The van der Waals surface area contributed by atoms with Crippen LogP contribution in [-0.4, -0.2) is 51.7 Å².